The summed E-state index contributed by atoms with van der Waals surface area (Å²) in [5.74, 6) is -1.56. The van der Waals surface area contributed by atoms with Crippen molar-refractivity contribution in [3.63, 3.8) is 0 Å². The molecule has 0 aliphatic rings. The first-order valence-electron chi connectivity index (χ1n) is 5.60. The fourth-order valence-electron chi connectivity index (χ4n) is 1.67. The lowest BCUT2D eigenvalue weighted by Crippen LogP contribution is -2.15. The average Bonchev–Trinajstić information content (AvgIpc) is 2.36. The zero-order valence-corrected chi connectivity index (χ0v) is 10.2. The van der Waals surface area contributed by atoms with Gasteiger partial charge in [-0.05, 0) is 42.8 Å². The van der Waals surface area contributed by atoms with Crippen molar-refractivity contribution in [2.75, 3.05) is 11.1 Å². The molecule has 0 spiro atoms. The van der Waals surface area contributed by atoms with E-state index in [4.69, 9.17) is 5.73 Å². The Morgan fingerprint density at radius 3 is 2.47 bits per heavy atom. The molecule has 0 atom stereocenters. The van der Waals surface area contributed by atoms with Crippen LogP contribution in [0.2, 0.25) is 0 Å². The number of nitrogens with two attached hydrogens (primary N) is 1. The van der Waals surface area contributed by atoms with E-state index in [-0.39, 0.29) is 16.9 Å². The Bertz CT molecular complexity index is 641. The first-order valence-corrected chi connectivity index (χ1v) is 5.60. The number of anilines is 2. The second-order valence-electron chi connectivity index (χ2n) is 4.14. The first kappa shape index (κ1) is 13.0. The van der Waals surface area contributed by atoms with Crippen LogP contribution in [0.3, 0.4) is 0 Å². The molecule has 2 aromatic carbocycles. The quantitative estimate of drug-likeness (QED) is 0.817. The highest BCUT2D eigenvalue weighted by molar-refractivity contribution is 6.06. The van der Waals surface area contributed by atoms with Gasteiger partial charge in [-0.3, -0.25) is 4.79 Å². The third kappa shape index (κ3) is 2.88. The molecule has 0 aliphatic carbocycles. The van der Waals surface area contributed by atoms with E-state index in [1.54, 1.807) is 6.92 Å². The molecular weight excluding hydrogens is 250 g/mol. The molecule has 2 rings (SSSR count). The molecule has 0 heterocycles. The van der Waals surface area contributed by atoms with Gasteiger partial charge in [-0.2, -0.15) is 0 Å². The lowest BCUT2D eigenvalue weighted by Gasteiger charge is -2.10. The minimum atomic E-state index is -0.533. The predicted molar refractivity (Wildman–Crippen MR) is 69.9 cm³/mol. The molecule has 0 fully saturated rings. The van der Waals surface area contributed by atoms with E-state index in [1.165, 1.54) is 24.3 Å². The molecule has 0 saturated heterocycles. The Morgan fingerprint density at radius 1 is 1.11 bits per heavy atom. The maximum Gasteiger partial charge on any atom is 0.256 e. The number of nitrogens with one attached hydrogen (secondary N) is 1. The number of hydrogen-bond donors (Lipinski definition) is 2. The van der Waals surface area contributed by atoms with E-state index in [0.29, 0.717) is 5.56 Å². The molecule has 0 saturated carbocycles. The molecule has 0 aliphatic heterocycles. The first-order chi connectivity index (χ1) is 8.97. The molecule has 98 valence electrons. The number of amides is 1. The molecule has 0 aromatic heterocycles. The van der Waals surface area contributed by atoms with Crippen molar-refractivity contribution in [3.05, 3.63) is 59.2 Å². The van der Waals surface area contributed by atoms with Gasteiger partial charge in [-0.25, -0.2) is 8.78 Å². The van der Waals surface area contributed by atoms with Crippen molar-refractivity contribution in [2.45, 2.75) is 6.92 Å². The number of rotatable bonds is 2. The van der Waals surface area contributed by atoms with Crippen LogP contribution in [0.4, 0.5) is 20.2 Å². The smallest absolute Gasteiger partial charge is 0.256 e. The zero-order chi connectivity index (χ0) is 14.0. The molecule has 1 amide bonds. The second-order valence-corrected chi connectivity index (χ2v) is 4.14. The zero-order valence-electron chi connectivity index (χ0n) is 10.2. The molecule has 19 heavy (non-hydrogen) atoms. The van der Waals surface area contributed by atoms with E-state index in [1.807, 2.05) is 0 Å². The molecular formula is C14H12F2N2O. The van der Waals surface area contributed by atoms with E-state index in [2.05, 4.69) is 5.32 Å². The van der Waals surface area contributed by atoms with Crippen LogP contribution in [0, 0.1) is 18.6 Å². The van der Waals surface area contributed by atoms with Crippen molar-refractivity contribution in [1.29, 1.82) is 0 Å². The van der Waals surface area contributed by atoms with Crippen LogP contribution >= 0.6 is 0 Å². The third-order valence-electron chi connectivity index (χ3n) is 2.71. The Labute approximate surface area is 109 Å². The summed E-state index contributed by atoms with van der Waals surface area (Å²) in [6.07, 6.45) is 0. The normalized spacial score (nSPS) is 10.3. The van der Waals surface area contributed by atoms with Crippen LogP contribution in [-0.2, 0) is 0 Å². The lowest BCUT2D eigenvalue weighted by molar-refractivity contribution is 0.102. The van der Waals surface area contributed by atoms with Gasteiger partial charge in [0, 0.05) is 5.56 Å². The summed E-state index contributed by atoms with van der Waals surface area (Å²) in [7, 11) is 0. The summed E-state index contributed by atoms with van der Waals surface area (Å²) >= 11 is 0. The highest BCUT2D eigenvalue weighted by Crippen LogP contribution is 2.21. The number of hydrogen-bond acceptors (Lipinski definition) is 2. The van der Waals surface area contributed by atoms with Crippen molar-refractivity contribution < 1.29 is 13.6 Å². The summed E-state index contributed by atoms with van der Waals surface area (Å²) in [6, 6.07) is 7.55. The third-order valence-corrected chi connectivity index (χ3v) is 2.71. The number of halogens is 2. The summed E-state index contributed by atoms with van der Waals surface area (Å²) < 4.78 is 26.2. The van der Waals surface area contributed by atoms with Gasteiger partial charge in [0.2, 0.25) is 0 Å². The topological polar surface area (TPSA) is 55.1 Å². The fourth-order valence-corrected chi connectivity index (χ4v) is 1.67. The number of nitrogen functional groups attached to an aromatic ring is 1. The molecule has 0 unspecified atom stereocenters. The lowest BCUT2D eigenvalue weighted by atomic mass is 10.1. The predicted octanol–water partition coefficient (Wildman–Crippen LogP) is 3.11. The van der Waals surface area contributed by atoms with Crippen LogP contribution in [-0.4, -0.2) is 5.91 Å². The van der Waals surface area contributed by atoms with Crippen molar-refractivity contribution >= 4 is 17.3 Å². The van der Waals surface area contributed by atoms with Crippen molar-refractivity contribution in [1.82, 2.24) is 0 Å². The van der Waals surface area contributed by atoms with Crippen molar-refractivity contribution in [3.8, 4) is 0 Å². The SMILES string of the molecule is Cc1ccc(F)cc1C(=O)Nc1cc(F)ccc1N. The largest absolute Gasteiger partial charge is 0.397 e. The summed E-state index contributed by atoms with van der Waals surface area (Å²) in [5, 5.41) is 2.46. The summed E-state index contributed by atoms with van der Waals surface area (Å²) in [4.78, 5) is 12.0. The van der Waals surface area contributed by atoms with Gasteiger partial charge >= 0.3 is 0 Å². The van der Waals surface area contributed by atoms with Crippen LogP contribution in [0.25, 0.3) is 0 Å². The molecule has 5 heteroatoms. The molecule has 0 radical (unpaired) electrons. The fraction of sp³-hybridized carbons (Fsp3) is 0.0714. The Balaban J connectivity index is 2.30. The van der Waals surface area contributed by atoms with E-state index >= 15 is 0 Å². The minimum Gasteiger partial charge on any atom is -0.397 e. The van der Waals surface area contributed by atoms with E-state index < -0.39 is 17.5 Å². The Hall–Kier alpha value is -2.43. The van der Waals surface area contributed by atoms with Crippen LogP contribution in [0.5, 0.6) is 0 Å². The summed E-state index contributed by atoms with van der Waals surface area (Å²) in [5.41, 5.74) is 6.83. The molecule has 3 N–H and O–H groups in total. The van der Waals surface area contributed by atoms with E-state index in [9.17, 15) is 13.6 Å². The molecule has 3 nitrogen and oxygen atoms in total. The average molecular weight is 262 g/mol. The number of aryl methyl sites for hydroxylation is 1. The Kier molecular flexibility index (Phi) is 3.46. The maximum atomic E-state index is 13.1. The number of carbonyl (C=O) groups excluding carboxylic acids is 1. The van der Waals surface area contributed by atoms with E-state index in [0.717, 1.165) is 12.1 Å². The highest BCUT2D eigenvalue weighted by atomic mass is 19.1. The van der Waals surface area contributed by atoms with Gasteiger partial charge in [0.15, 0.2) is 0 Å². The van der Waals surface area contributed by atoms with Gasteiger partial charge in [-0.1, -0.05) is 6.07 Å². The van der Waals surface area contributed by atoms with Gasteiger partial charge in [0.1, 0.15) is 11.6 Å². The summed E-state index contributed by atoms with van der Waals surface area (Å²) in [6.45, 7) is 1.68. The van der Waals surface area contributed by atoms with Crippen molar-refractivity contribution in [2.24, 2.45) is 0 Å². The van der Waals surface area contributed by atoms with Gasteiger partial charge in [0.05, 0.1) is 11.4 Å². The monoisotopic (exact) mass is 262 g/mol. The molecule has 2 aromatic rings. The number of carbonyl (C=O) groups is 1. The van der Waals surface area contributed by atoms with Crippen LogP contribution in [0.1, 0.15) is 15.9 Å². The van der Waals surface area contributed by atoms with Crippen LogP contribution < -0.4 is 11.1 Å². The Morgan fingerprint density at radius 2 is 1.74 bits per heavy atom. The van der Waals surface area contributed by atoms with Crippen LogP contribution in [0.15, 0.2) is 36.4 Å². The second kappa shape index (κ2) is 5.06. The minimum absolute atomic E-state index is 0.161. The standard InChI is InChI=1S/C14H12F2N2O/c1-8-2-3-9(15)6-11(8)14(19)18-13-7-10(16)4-5-12(13)17/h2-7H,17H2,1H3,(H,18,19). The highest BCUT2D eigenvalue weighted by Gasteiger charge is 2.12. The van der Waals surface area contributed by atoms with Gasteiger partial charge in [0.25, 0.3) is 5.91 Å². The van der Waals surface area contributed by atoms with Gasteiger partial charge < -0.3 is 11.1 Å². The number of benzene rings is 2. The van der Waals surface area contributed by atoms with Gasteiger partial charge in [-0.15, -0.1) is 0 Å². The maximum absolute atomic E-state index is 13.1. The molecule has 0 bridgehead atoms.